The number of amides is 1. The van der Waals surface area contributed by atoms with Gasteiger partial charge >= 0.3 is 0 Å². The van der Waals surface area contributed by atoms with Crippen molar-refractivity contribution in [2.24, 2.45) is 0 Å². The van der Waals surface area contributed by atoms with E-state index in [1.165, 1.54) is 12.1 Å². The predicted octanol–water partition coefficient (Wildman–Crippen LogP) is 2.68. The summed E-state index contributed by atoms with van der Waals surface area (Å²) in [4.78, 5) is 11.8. The van der Waals surface area contributed by atoms with Crippen LogP contribution >= 0.6 is 23.8 Å². The number of aromatic hydroxyl groups is 1. The maximum Gasteiger partial charge on any atom is 0.273 e. The number of thiocarbonyl (C=S) groups is 1. The highest BCUT2D eigenvalue weighted by Gasteiger charge is 2.10. The van der Waals surface area contributed by atoms with E-state index < -0.39 is 5.91 Å². The molecule has 0 spiro atoms. The van der Waals surface area contributed by atoms with Crippen LogP contribution in [0.2, 0.25) is 5.02 Å². The first kappa shape index (κ1) is 15.1. The summed E-state index contributed by atoms with van der Waals surface area (Å²) < 4.78 is 0. The minimum absolute atomic E-state index is 0.109. The first-order valence-corrected chi connectivity index (χ1v) is 6.76. The monoisotopic (exact) mass is 321 g/mol. The summed E-state index contributed by atoms with van der Waals surface area (Å²) in [5.74, 6) is -0.613. The predicted molar refractivity (Wildman–Crippen MR) is 86.4 cm³/mol. The number of rotatable bonds is 2. The average molecular weight is 322 g/mol. The number of hydrogen-bond donors (Lipinski definition) is 4. The highest BCUT2D eigenvalue weighted by Crippen LogP contribution is 2.20. The first-order chi connectivity index (χ1) is 10.1. The molecule has 5 nitrogen and oxygen atoms in total. The van der Waals surface area contributed by atoms with Crippen LogP contribution in [0.4, 0.5) is 5.69 Å². The van der Waals surface area contributed by atoms with Gasteiger partial charge in [0.25, 0.3) is 5.91 Å². The van der Waals surface area contributed by atoms with Crippen molar-refractivity contribution in [3.8, 4) is 5.75 Å². The number of hydrogen-bond acceptors (Lipinski definition) is 3. The molecule has 0 saturated heterocycles. The summed E-state index contributed by atoms with van der Waals surface area (Å²) in [6.07, 6.45) is 0. The lowest BCUT2D eigenvalue weighted by Crippen LogP contribution is -2.43. The molecule has 7 heteroatoms. The molecule has 0 aliphatic rings. The Labute approximate surface area is 131 Å². The van der Waals surface area contributed by atoms with Gasteiger partial charge in [-0.3, -0.25) is 15.6 Å². The fourth-order valence-corrected chi connectivity index (χ4v) is 1.91. The molecule has 0 fully saturated rings. The maximum absolute atomic E-state index is 11.8. The van der Waals surface area contributed by atoms with Crippen LogP contribution in [0, 0.1) is 0 Å². The second kappa shape index (κ2) is 6.92. The van der Waals surface area contributed by atoms with Gasteiger partial charge in [0.05, 0.1) is 16.3 Å². The van der Waals surface area contributed by atoms with Crippen molar-refractivity contribution in [1.82, 2.24) is 10.9 Å². The lowest BCUT2D eigenvalue weighted by Gasteiger charge is -2.12. The van der Waals surface area contributed by atoms with Crippen LogP contribution < -0.4 is 16.2 Å². The van der Waals surface area contributed by atoms with E-state index in [1.807, 2.05) is 0 Å². The van der Waals surface area contributed by atoms with Crippen molar-refractivity contribution in [2.45, 2.75) is 0 Å². The molecular formula is C14H12ClN3O2S. The summed E-state index contributed by atoms with van der Waals surface area (Å²) >= 11 is 11.0. The zero-order valence-electron chi connectivity index (χ0n) is 10.8. The Hall–Kier alpha value is -2.31. The van der Waals surface area contributed by atoms with Crippen molar-refractivity contribution >= 4 is 40.5 Å². The Morgan fingerprint density at radius 1 is 1.05 bits per heavy atom. The number of para-hydroxylation sites is 2. The average Bonchev–Trinajstić information content (AvgIpc) is 2.48. The number of hydrazine groups is 1. The Bertz CT molecular complexity index is 679. The Morgan fingerprint density at radius 3 is 2.43 bits per heavy atom. The molecule has 2 aromatic rings. The number of phenolic OH excluding ortho intramolecular Hbond substituents is 1. The number of benzene rings is 2. The fourth-order valence-electron chi connectivity index (χ4n) is 1.56. The van der Waals surface area contributed by atoms with E-state index in [-0.39, 0.29) is 16.4 Å². The van der Waals surface area contributed by atoms with Crippen LogP contribution in [0.3, 0.4) is 0 Å². The number of carbonyl (C=O) groups excluding carboxylic acids is 1. The van der Waals surface area contributed by atoms with E-state index >= 15 is 0 Å². The van der Waals surface area contributed by atoms with Gasteiger partial charge < -0.3 is 10.4 Å². The van der Waals surface area contributed by atoms with Crippen LogP contribution in [0.1, 0.15) is 10.4 Å². The third-order valence-electron chi connectivity index (χ3n) is 2.56. The SMILES string of the molecule is O=C(NNC(=S)Nc1ccccc1Cl)c1ccccc1O. The zero-order valence-corrected chi connectivity index (χ0v) is 12.3. The van der Waals surface area contributed by atoms with Crippen LogP contribution in [-0.2, 0) is 0 Å². The molecule has 0 heterocycles. The van der Waals surface area contributed by atoms with Gasteiger partial charge in [-0.25, -0.2) is 0 Å². The van der Waals surface area contributed by atoms with Crippen LogP contribution in [0.25, 0.3) is 0 Å². The van der Waals surface area contributed by atoms with Gasteiger partial charge in [0.15, 0.2) is 5.11 Å². The lowest BCUT2D eigenvalue weighted by molar-refractivity contribution is 0.0941. The zero-order chi connectivity index (χ0) is 15.2. The minimum atomic E-state index is -0.503. The van der Waals surface area contributed by atoms with Crippen molar-refractivity contribution < 1.29 is 9.90 Å². The smallest absolute Gasteiger partial charge is 0.273 e. The summed E-state index contributed by atoms with van der Waals surface area (Å²) in [5, 5.41) is 13.1. The lowest BCUT2D eigenvalue weighted by atomic mass is 10.2. The Morgan fingerprint density at radius 2 is 1.71 bits per heavy atom. The molecule has 2 rings (SSSR count). The number of anilines is 1. The summed E-state index contributed by atoms with van der Waals surface area (Å²) in [5.41, 5.74) is 5.68. The fraction of sp³-hybridized carbons (Fsp3) is 0. The summed E-state index contributed by atoms with van der Waals surface area (Å²) in [7, 11) is 0. The Kier molecular flexibility index (Phi) is 4.97. The molecule has 2 aromatic carbocycles. The van der Waals surface area contributed by atoms with Gasteiger partial charge in [-0.1, -0.05) is 35.9 Å². The van der Waals surface area contributed by atoms with Crippen molar-refractivity contribution in [1.29, 1.82) is 0 Å². The molecule has 0 atom stereocenters. The molecule has 0 aromatic heterocycles. The van der Waals surface area contributed by atoms with Crippen LogP contribution in [0.5, 0.6) is 5.75 Å². The second-order valence-corrected chi connectivity index (χ2v) is 4.85. The van der Waals surface area contributed by atoms with Crippen molar-refractivity contribution in [3.63, 3.8) is 0 Å². The van der Waals surface area contributed by atoms with Gasteiger partial charge in [0, 0.05) is 0 Å². The van der Waals surface area contributed by atoms with Crippen molar-refractivity contribution in [3.05, 3.63) is 59.1 Å². The minimum Gasteiger partial charge on any atom is -0.507 e. The highest BCUT2D eigenvalue weighted by atomic mass is 35.5. The molecule has 0 aliphatic heterocycles. The second-order valence-electron chi connectivity index (χ2n) is 4.03. The van der Waals surface area contributed by atoms with E-state index in [4.69, 9.17) is 23.8 Å². The van der Waals surface area contributed by atoms with Crippen LogP contribution in [-0.4, -0.2) is 16.1 Å². The van der Waals surface area contributed by atoms with Gasteiger partial charge in [-0.15, -0.1) is 0 Å². The third-order valence-corrected chi connectivity index (χ3v) is 3.09. The number of halogens is 1. The molecule has 0 aliphatic carbocycles. The molecule has 0 saturated carbocycles. The molecular weight excluding hydrogens is 310 g/mol. The van der Waals surface area contributed by atoms with E-state index in [2.05, 4.69) is 16.2 Å². The number of phenols is 1. The first-order valence-electron chi connectivity index (χ1n) is 5.98. The molecule has 108 valence electrons. The summed E-state index contributed by atoms with van der Waals surface area (Å²) in [6, 6.07) is 13.3. The largest absolute Gasteiger partial charge is 0.507 e. The van der Waals surface area contributed by atoms with Crippen LogP contribution in [0.15, 0.2) is 48.5 Å². The topological polar surface area (TPSA) is 73.4 Å². The van der Waals surface area contributed by atoms with Gasteiger partial charge in [-0.2, -0.15) is 0 Å². The maximum atomic E-state index is 11.8. The molecule has 0 unspecified atom stereocenters. The molecule has 0 bridgehead atoms. The summed E-state index contributed by atoms with van der Waals surface area (Å²) in [6.45, 7) is 0. The molecule has 1 amide bonds. The standard InChI is InChI=1S/C14H12ClN3O2S/c15-10-6-2-3-7-11(10)16-14(21)18-17-13(20)9-5-1-4-8-12(9)19/h1-8,19H,(H,17,20)(H2,16,18,21). The van der Waals surface area contributed by atoms with Crippen molar-refractivity contribution in [2.75, 3.05) is 5.32 Å². The van der Waals surface area contributed by atoms with E-state index in [1.54, 1.807) is 36.4 Å². The quantitative estimate of drug-likeness (QED) is 0.505. The van der Waals surface area contributed by atoms with Gasteiger partial charge in [-0.05, 0) is 36.5 Å². The molecule has 0 radical (unpaired) electrons. The molecule has 21 heavy (non-hydrogen) atoms. The molecule has 4 N–H and O–H groups in total. The van der Waals surface area contributed by atoms with E-state index in [0.717, 1.165) is 0 Å². The van der Waals surface area contributed by atoms with E-state index in [0.29, 0.717) is 10.7 Å². The highest BCUT2D eigenvalue weighted by molar-refractivity contribution is 7.80. The number of nitrogens with one attached hydrogen (secondary N) is 3. The normalized spacial score (nSPS) is 9.76. The third kappa shape index (κ3) is 4.08. The Balaban J connectivity index is 1.91. The van der Waals surface area contributed by atoms with E-state index in [9.17, 15) is 9.90 Å². The number of carbonyl (C=O) groups is 1. The van der Waals surface area contributed by atoms with Gasteiger partial charge in [0.2, 0.25) is 0 Å². The van der Waals surface area contributed by atoms with Gasteiger partial charge in [0.1, 0.15) is 5.75 Å².